The Morgan fingerprint density at radius 1 is 1.25 bits per heavy atom. The second-order valence-electron chi connectivity index (χ2n) is 5.71. The molecular weight excluding hydrogens is 268 g/mol. The maximum Gasteiger partial charge on any atom is 0.0499 e. The van der Waals surface area contributed by atoms with Crippen LogP contribution < -0.4 is 5.73 Å². The third-order valence-corrected chi connectivity index (χ3v) is 4.21. The summed E-state index contributed by atoms with van der Waals surface area (Å²) >= 11 is 6.16. The largest absolute Gasteiger partial charge is 0.326 e. The van der Waals surface area contributed by atoms with E-state index in [0.29, 0.717) is 6.04 Å². The van der Waals surface area contributed by atoms with Crippen LogP contribution >= 0.6 is 11.6 Å². The molecule has 0 aliphatic carbocycles. The van der Waals surface area contributed by atoms with Gasteiger partial charge in [-0.25, -0.2) is 0 Å². The highest BCUT2D eigenvalue weighted by Crippen LogP contribution is 2.28. The molecule has 3 unspecified atom stereocenters. The summed E-state index contributed by atoms with van der Waals surface area (Å²) in [5.41, 5.74) is 7.52. The van der Waals surface area contributed by atoms with Crippen molar-refractivity contribution in [2.75, 3.05) is 6.54 Å². The topological polar surface area (TPSA) is 29.3 Å². The van der Waals surface area contributed by atoms with Crippen molar-refractivity contribution in [1.82, 2.24) is 4.90 Å². The lowest BCUT2D eigenvalue weighted by atomic mass is 9.96. The minimum absolute atomic E-state index is 0.0827. The lowest BCUT2D eigenvalue weighted by Gasteiger charge is -2.39. The predicted octanol–water partition coefficient (Wildman–Crippen LogP) is 4.63. The summed E-state index contributed by atoms with van der Waals surface area (Å²) in [7, 11) is 0. The molecular formula is C17H29ClN2. The normalized spacial score (nSPS) is 16.1. The molecule has 20 heavy (non-hydrogen) atoms. The fraction of sp³-hybridized carbons (Fsp3) is 0.647. The van der Waals surface area contributed by atoms with Crippen molar-refractivity contribution in [3.05, 3.63) is 34.9 Å². The molecule has 3 heteroatoms. The molecule has 0 saturated carbocycles. The van der Waals surface area contributed by atoms with Crippen molar-refractivity contribution >= 4 is 11.6 Å². The number of unbranched alkanes of at least 4 members (excludes halogenated alkanes) is 1. The van der Waals surface area contributed by atoms with Crippen LogP contribution in [0.1, 0.15) is 58.6 Å². The number of nitrogens with two attached hydrogens (primary N) is 1. The van der Waals surface area contributed by atoms with Gasteiger partial charge in [0.1, 0.15) is 0 Å². The van der Waals surface area contributed by atoms with Crippen molar-refractivity contribution in [3.63, 3.8) is 0 Å². The van der Waals surface area contributed by atoms with Gasteiger partial charge in [-0.1, -0.05) is 44.0 Å². The number of hydrogen-bond acceptors (Lipinski definition) is 2. The molecule has 1 aromatic rings. The van der Waals surface area contributed by atoms with Gasteiger partial charge >= 0.3 is 0 Å². The second kappa shape index (κ2) is 8.66. The predicted molar refractivity (Wildman–Crippen MR) is 89.2 cm³/mol. The summed E-state index contributed by atoms with van der Waals surface area (Å²) in [6.45, 7) is 9.93. The van der Waals surface area contributed by atoms with Gasteiger partial charge in [-0.3, -0.25) is 4.90 Å². The van der Waals surface area contributed by atoms with Gasteiger partial charge in [0.15, 0.2) is 0 Å². The van der Waals surface area contributed by atoms with E-state index in [1.165, 1.54) is 18.4 Å². The van der Waals surface area contributed by atoms with Gasteiger partial charge in [0, 0.05) is 23.1 Å². The fourth-order valence-corrected chi connectivity index (χ4v) is 2.90. The zero-order valence-corrected chi connectivity index (χ0v) is 14.0. The van der Waals surface area contributed by atoms with E-state index in [1.54, 1.807) is 0 Å². The Labute approximate surface area is 129 Å². The van der Waals surface area contributed by atoms with Crippen LogP contribution in [0.4, 0.5) is 0 Å². The van der Waals surface area contributed by atoms with E-state index < -0.39 is 0 Å². The van der Waals surface area contributed by atoms with Crippen LogP contribution in [0.3, 0.4) is 0 Å². The third-order valence-electron chi connectivity index (χ3n) is 3.97. The molecule has 1 aromatic carbocycles. The van der Waals surface area contributed by atoms with Crippen molar-refractivity contribution in [2.24, 2.45) is 5.73 Å². The molecule has 1 rings (SSSR count). The van der Waals surface area contributed by atoms with Gasteiger partial charge in [0.2, 0.25) is 0 Å². The first-order chi connectivity index (χ1) is 9.51. The molecule has 2 N–H and O–H groups in total. The van der Waals surface area contributed by atoms with Crippen molar-refractivity contribution in [1.29, 1.82) is 0 Å². The van der Waals surface area contributed by atoms with Crippen LogP contribution in [0, 0.1) is 0 Å². The van der Waals surface area contributed by atoms with E-state index in [9.17, 15) is 0 Å². The smallest absolute Gasteiger partial charge is 0.0499 e. The standard InChI is InChI=1S/C17H29ClN2/c1-5-7-11-20(13(3)6-2)17(14(4)19)15-9-8-10-16(18)12-15/h8-10,12-14,17H,5-7,11,19H2,1-4H3. The first kappa shape index (κ1) is 17.5. The molecule has 0 aliphatic heterocycles. The van der Waals surface area contributed by atoms with E-state index in [0.717, 1.165) is 18.0 Å². The quantitative estimate of drug-likeness (QED) is 0.758. The summed E-state index contributed by atoms with van der Waals surface area (Å²) in [6.07, 6.45) is 3.54. The number of rotatable bonds is 8. The summed E-state index contributed by atoms with van der Waals surface area (Å²) in [5, 5.41) is 0.785. The van der Waals surface area contributed by atoms with Crippen molar-refractivity contribution in [2.45, 2.75) is 65.1 Å². The van der Waals surface area contributed by atoms with E-state index in [2.05, 4.69) is 44.7 Å². The van der Waals surface area contributed by atoms with Gasteiger partial charge in [-0.2, -0.15) is 0 Å². The third kappa shape index (κ3) is 4.76. The Kier molecular flexibility index (Phi) is 7.57. The number of nitrogens with zero attached hydrogens (tertiary/aromatic N) is 1. The number of halogens is 1. The first-order valence-electron chi connectivity index (χ1n) is 7.78. The van der Waals surface area contributed by atoms with E-state index in [-0.39, 0.29) is 12.1 Å². The Balaban J connectivity index is 3.06. The molecule has 2 nitrogen and oxygen atoms in total. The Bertz CT molecular complexity index is 392. The molecule has 0 aromatic heterocycles. The first-order valence-corrected chi connectivity index (χ1v) is 8.15. The number of hydrogen-bond donors (Lipinski definition) is 1. The minimum Gasteiger partial charge on any atom is -0.326 e. The maximum atomic E-state index is 6.30. The Morgan fingerprint density at radius 2 is 1.95 bits per heavy atom. The van der Waals surface area contributed by atoms with Crippen LogP contribution in [0.5, 0.6) is 0 Å². The van der Waals surface area contributed by atoms with Crippen LogP contribution in [-0.2, 0) is 0 Å². The van der Waals surface area contributed by atoms with Gasteiger partial charge in [0.05, 0.1) is 0 Å². The highest BCUT2D eigenvalue weighted by Gasteiger charge is 2.26. The minimum atomic E-state index is 0.0827. The zero-order valence-electron chi connectivity index (χ0n) is 13.3. The van der Waals surface area contributed by atoms with E-state index in [1.807, 2.05) is 12.1 Å². The molecule has 0 bridgehead atoms. The summed E-state index contributed by atoms with van der Waals surface area (Å²) in [6, 6.07) is 8.97. The molecule has 3 atom stereocenters. The lowest BCUT2D eigenvalue weighted by Crippen LogP contribution is -2.44. The van der Waals surface area contributed by atoms with E-state index >= 15 is 0 Å². The molecule has 0 saturated heterocycles. The van der Waals surface area contributed by atoms with Gasteiger partial charge in [-0.15, -0.1) is 0 Å². The second-order valence-corrected chi connectivity index (χ2v) is 6.14. The van der Waals surface area contributed by atoms with Crippen LogP contribution in [0.2, 0.25) is 5.02 Å². The van der Waals surface area contributed by atoms with Crippen molar-refractivity contribution in [3.8, 4) is 0 Å². The maximum absolute atomic E-state index is 6.30. The Hall–Kier alpha value is -0.570. The number of benzene rings is 1. The van der Waals surface area contributed by atoms with Crippen LogP contribution in [0.15, 0.2) is 24.3 Å². The molecule has 0 spiro atoms. The molecule has 0 amide bonds. The summed E-state index contributed by atoms with van der Waals surface area (Å²) < 4.78 is 0. The van der Waals surface area contributed by atoms with Crippen LogP contribution in [-0.4, -0.2) is 23.5 Å². The summed E-state index contributed by atoms with van der Waals surface area (Å²) in [5.74, 6) is 0. The average Bonchev–Trinajstić information content (AvgIpc) is 2.42. The molecule has 0 radical (unpaired) electrons. The van der Waals surface area contributed by atoms with Gasteiger partial charge in [-0.05, 0) is 50.9 Å². The van der Waals surface area contributed by atoms with Gasteiger partial charge < -0.3 is 5.73 Å². The van der Waals surface area contributed by atoms with Crippen molar-refractivity contribution < 1.29 is 0 Å². The molecule has 0 aliphatic rings. The fourth-order valence-electron chi connectivity index (χ4n) is 2.70. The lowest BCUT2D eigenvalue weighted by molar-refractivity contribution is 0.121. The summed E-state index contributed by atoms with van der Waals surface area (Å²) in [4.78, 5) is 2.54. The van der Waals surface area contributed by atoms with E-state index in [4.69, 9.17) is 17.3 Å². The molecule has 0 heterocycles. The van der Waals surface area contributed by atoms with Crippen LogP contribution in [0.25, 0.3) is 0 Å². The highest BCUT2D eigenvalue weighted by molar-refractivity contribution is 6.30. The average molecular weight is 297 g/mol. The highest BCUT2D eigenvalue weighted by atomic mass is 35.5. The Morgan fingerprint density at radius 3 is 2.45 bits per heavy atom. The van der Waals surface area contributed by atoms with Gasteiger partial charge in [0.25, 0.3) is 0 Å². The zero-order chi connectivity index (χ0) is 15.1. The molecule has 0 fully saturated rings. The molecule has 114 valence electrons. The monoisotopic (exact) mass is 296 g/mol. The SMILES string of the molecule is CCCCN(C(C)CC)C(c1cccc(Cl)c1)C(C)N.